The molecule has 0 bridgehead atoms. The highest BCUT2D eigenvalue weighted by atomic mass is 16.5. The first kappa shape index (κ1) is 12.9. The molecular formula is C13H21N3O2. The molecule has 5 nitrogen and oxygen atoms in total. The van der Waals surface area contributed by atoms with Gasteiger partial charge in [-0.2, -0.15) is 0 Å². The number of nitrogen functional groups attached to an aromatic ring is 1. The van der Waals surface area contributed by atoms with Crippen molar-refractivity contribution in [2.45, 2.75) is 45.6 Å². The average Bonchev–Trinajstić information content (AvgIpc) is 2.70. The molecule has 5 heteroatoms. The molecule has 2 N–H and O–H groups in total. The van der Waals surface area contributed by atoms with Crippen LogP contribution in [0.1, 0.15) is 56.1 Å². The lowest BCUT2D eigenvalue weighted by molar-refractivity contribution is 0.0595. The van der Waals surface area contributed by atoms with Gasteiger partial charge < -0.3 is 15.0 Å². The molecule has 18 heavy (non-hydrogen) atoms. The summed E-state index contributed by atoms with van der Waals surface area (Å²) in [6, 6.07) is 0.303. The number of anilines is 1. The SMILES string of the molecule is COC(=O)c1ncn(C2CCCCC2(C)C)c1N. The number of ether oxygens (including phenoxy) is 1. The quantitative estimate of drug-likeness (QED) is 0.819. The second-order valence-corrected chi connectivity index (χ2v) is 5.63. The molecule has 0 aliphatic heterocycles. The summed E-state index contributed by atoms with van der Waals surface area (Å²) in [5.74, 6) is -0.0540. The standard InChI is InChI=1S/C13H21N3O2/c1-13(2)7-5-4-6-9(13)16-8-15-10(11(16)14)12(17)18-3/h8-9H,4-7,14H2,1-3H3. The minimum Gasteiger partial charge on any atom is -0.464 e. The summed E-state index contributed by atoms with van der Waals surface area (Å²) in [4.78, 5) is 15.6. The van der Waals surface area contributed by atoms with E-state index in [-0.39, 0.29) is 11.1 Å². The normalized spacial score (nSPS) is 22.7. The summed E-state index contributed by atoms with van der Waals surface area (Å²) in [5, 5.41) is 0. The largest absolute Gasteiger partial charge is 0.464 e. The predicted octanol–water partition coefficient (Wildman–Crippen LogP) is 2.39. The lowest BCUT2D eigenvalue weighted by Gasteiger charge is -2.39. The maximum Gasteiger partial charge on any atom is 0.360 e. The Labute approximate surface area is 107 Å². The number of hydrogen-bond donors (Lipinski definition) is 1. The molecule has 1 saturated carbocycles. The minimum absolute atomic E-state index is 0.181. The molecule has 1 aliphatic carbocycles. The van der Waals surface area contributed by atoms with Crippen LogP contribution in [-0.2, 0) is 4.74 Å². The van der Waals surface area contributed by atoms with Crippen molar-refractivity contribution in [3.8, 4) is 0 Å². The molecule has 0 amide bonds. The Kier molecular flexibility index (Phi) is 3.32. The molecule has 1 aliphatic rings. The summed E-state index contributed by atoms with van der Waals surface area (Å²) >= 11 is 0. The highest BCUT2D eigenvalue weighted by Crippen LogP contribution is 2.44. The van der Waals surface area contributed by atoms with E-state index in [9.17, 15) is 4.79 Å². The van der Waals surface area contributed by atoms with Crippen LogP contribution in [0.5, 0.6) is 0 Å². The Morgan fingerprint density at radius 1 is 1.56 bits per heavy atom. The molecule has 0 spiro atoms. The van der Waals surface area contributed by atoms with Crippen LogP contribution in [0, 0.1) is 5.41 Å². The van der Waals surface area contributed by atoms with Gasteiger partial charge in [0.15, 0.2) is 5.69 Å². The van der Waals surface area contributed by atoms with Crippen LogP contribution in [0.15, 0.2) is 6.33 Å². The molecule has 2 rings (SSSR count). The molecule has 1 unspecified atom stereocenters. The van der Waals surface area contributed by atoms with E-state index in [4.69, 9.17) is 5.73 Å². The highest BCUT2D eigenvalue weighted by molar-refractivity contribution is 5.92. The fraction of sp³-hybridized carbons (Fsp3) is 0.692. The van der Waals surface area contributed by atoms with E-state index in [1.807, 2.05) is 4.57 Å². The number of imidazole rings is 1. The van der Waals surface area contributed by atoms with Crippen molar-refractivity contribution < 1.29 is 9.53 Å². The number of nitrogens with two attached hydrogens (primary N) is 1. The first-order chi connectivity index (χ1) is 8.47. The maximum absolute atomic E-state index is 11.5. The van der Waals surface area contributed by atoms with Gasteiger partial charge in [0.2, 0.25) is 0 Å². The second-order valence-electron chi connectivity index (χ2n) is 5.63. The van der Waals surface area contributed by atoms with E-state index < -0.39 is 5.97 Å². The zero-order valence-corrected chi connectivity index (χ0v) is 11.3. The topological polar surface area (TPSA) is 70.1 Å². The van der Waals surface area contributed by atoms with Gasteiger partial charge in [0, 0.05) is 6.04 Å². The summed E-state index contributed by atoms with van der Waals surface area (Å²) < 4.78 is 6.61. The summed E-state index contributed by atoms with van der Waals surface area (Å²) in [7, 11) is 1.34. The van der Waals surface area contributed by atoms with E-state index >= 15 is 0 Å². The van der Waals surface area contributed by atoms with E-state index in [0.29, 0.717) is 11.9 Å². The van der Waals surface area contributed by atoms with Gasteiger partial charge in [0.25, 0.3) is 0 Å². The summed E-state index contributed by atoms with van der Waals surface area (Å²) in [6.45, 7) is 4.49. The van der Waals surface area contributed by atoms with Crippen LogP contribution >= 0.6 is 0 Å². The predicted molar refractivity (Wildman–Crippen MR) is 69.3 cm³/mol. The molecule has 1 aromatic rings. The monoisotopic (exact) mass is 251 g/mol. The van der Waals surface area contributed by atoms with Crippen LogP contribution in [0.2, 0.25) is 0 Å². The first-order valence-electron chi connectivity index (χ1n) is 6.38. The Bertz CT molecular complexity index is 451. The molecule has 100 valence electrons. The number of carbonyl (C=O) groups excluding carboxylic acids is 1. The highest BCUT2D eigenvalue weighted by Gasteiger charge is 2.35. The smallest absolute Gasteiger partial charge is 0.360 e. The van der Waals surface area contributed by atoms with Crippen molar-refractivity contribution >= 4 is 11.8 Å². The number of rotatable bonds is 2. The third kappa shape index (κ3) is 2.09. The number of hydrogen-bond acceptors (Lipinski definition) is 4. The molecule has 1 atom stereocenters. The minimum atomic E-state index is -0.472. The van der Waals surface area contributed by atoms with Crippen molar-refractivity contribution in [1.82, 2.24) is 9.55 Å². The Morgan fingerprint density at radius 2 is 2.28 bits per heavy atom. The van der Waals surface area contributed by atoms with Crippen molar-refractivity contribution in [3.63, 3.8) is 0 Å². The molecule has 1 fully saturated rings. The molecule has 0 aromatic carbocycles. The van der Waals surface area contributed by atoms with Gasteiger partial charge in [-0.25, -0.2) is 9.78 Å². The zero-order chi connectivity index (χ0) is 13.3. The lowest BCUT2D eigenvalue weighted by Crippen LogP contribution is -2.31. The van der Waals surface area contributed by atoms with Crippen molar-refractivity contribution in [1.29, 1.82) is 0 Å². The fourth-order valence-electron chi connectivity index (χ4n) is 2.86. The van der Waals surface area contributed by atoms with E-state index in [1.165, 1.54) is 26.4 Å². The zero-order valence-electron chi connectivity index (χ0n) is 11.3. The van der Waals surface area contributed by atoms with Crippen LogP contribution in [0.4, 0.5) is 5.82 Å². The van der Waals surface area contributed by atoms with E-state index in [2.05, 4.69) is 23.6 Å². The van der Waals surface area contributed by atoms with Gasteiger partial charge in [-0.1, -0.05) is 26.7 Å². The number of aromatic nitrogens is 2. The van der Waals surface area contributed by atoms with Crippen LogP contribution < -0.4 is 5.73 Å². The molecule has 0 saturated heterocycles. The second kappa shape index (κ2) is 4.63. The molecular weight excluding hydrogens is 230 g/mol. The number of esters is 1. The summed E-state index contributed by atoms with van der Waals surface area (Å²) in [6.07, 6.45) is 6.36. The van der Waals surface area contributed by atoms with Gasteiger partial charge in [-0.3, -0.25) is 0 Å². The Balaban J connectivity index is 2.34. The lowest BCUT2D eigenvalue weighted by atomic mass is 9.73. The average molecular weight is 251 g/mol. The third-order valence-corrected chi connectivity index (χ3v) is 4.00. The van der Waals surface area contributed by atoms with Crippen molar-refractivity contribution in [2.75, 3.05) is 12.8 Å². The fourth-order valence-corrected chi connectivity index (χ4v) is 2.86. The van der Waals surface area contributed by atoms with Gasteiger partial charge >= 0.3 is 5.97 Å². The molecule has 0 radical (unpaired) electrons. The van der Waals surface area contributed by atoms with Crippen molar-refractivity contribution in [2.24, 2.45) is 5.41 Å². The van der Waals surface area contributed by atoms with Crippen LogP contribution in [0.3, 0.4) is 0 Å². The van der Waals surface area contributed by atoms with E-state index in [0.717, 1.165) is 6.42 Å². The van der Waals surface area contributed by atoms with Gasteiger partial charge in [-0.05, 0) is 18.3 Å². The maximum atomic E-state index is 11.5. The Hall–Kier alpha value is -1.52. The molecule has 1 aromatic heterocycles. The third-order valence-electron chi connectivity index (χ3n) is 4.00. The Morgan fingerprint density at radius 3 is 2.89 bits per heavy atom. The van der Waals surface area contributed by atoms with Gasteiger partial charge in [0.05, 0.1) is 13.4 Å². The number of carbonyl (C=O) groups is 1. The van der Waals surface area contributed by atoms with Crippen LogP contribution in [-0.4, -0.2) is 22.6 Å². The van der Waals surface area contributed by atoms with Gasteiger partial charge in [0.1, 0.15) is 5.82 Å². The summed E-state index contributed by atoms with van der Waals surface area (Å²) in [5.41, 5.74) is 6.43. The van der Waals surface area contributed by atoms with Crippen molar-refractivity contribution in [3.05, 3.63) is 12.0 Å². The first-order valence-corrected chi connectivity index (χ1v) is 6.38. The van der Waals surface area contributed by atoms with Crippen LogP contribution in [0.25, 0.3) is 0 Å². The molecule has 1 heterocycles. The number of nitrogens with zero attached hydrogens (tertiary/aromatic N) is 2. The van der Waals surface area contributed by atoms with E-state index in [1.54, 1.807) is 6.33 Å². The number of methoxy groups -OCH3 is 1. The van der Waals surface area contributed by atoms with Gasteiger partial charge in [-0.15, -0.1) is 0 Å².